The molecule has 2 amide bonds. The van der Waals surface area contributed by atoms with Crippen LogP contribution in [0.5, 0.6) is 0 Å². The standard InChI is InChI=1S/C13H23N3O5/c1-4-20-12(18)15-11(16-13(19)21-5-2)14-8-6-7-10(3)9-17/h9-10H,4-8H2,1-3H3,(H2,14,15,16,18,19). The van der Waals surface area contributed by atoms with Crippen LogP contribution < -0.4 is 10.6 Å². The number of nitrogens with zero attached hydrogens (tertiary/aromatic N) is 1. The van der Waals surface area contributed by atoms with E-state index in [0.29, 0.717) is 19.4 Å². The average Bonchev–Trinajstić information content (AvgIpc) is 2.43. The number of carbonyl (C=O) groups is 3. The van der Waals surface area contributed by atoms with Gasteiger partial charge in [-0.3, -0.25) is 15.6 Å². The van der Waals surface area contributed by atoms with Crippen LogP contribution in [0.2, 0.25) is 0 Å². The van der Waals surface area contributed by atoms with Crippen LogP contribution in [0.3, 0.4) is 0 Å². The van der Waals surface area contributed by atoms with E-state index >= 15 is 0 Å². The topological polar surface area (TPSA) is 106 Å². The maximum absolute atomic E-state index is 11.3. The fourth-order valence-electron chi connectivity index (χ4n) is 1.31. The van der Waals surface area contributed by atoms with Crippen LogP contribution in [0.25, 0.3) is 0 Å². The van der Waals surface area contributed by atoms with Gasteiger partial charge in [-0.2, -0.15) is 0 Å². The van der Waals surface area contributed by atoms with Gasteiger partial charge in [-0.1, -0.05) is 6.92 Å². The zero-order valence-electron chi connectivity index (χ0n) is 12.7. The van der Waals surface area contributed by atoms with Crippen molar-refractivity contribution >= 4 is 24.4 Å². The van der Waals surface area contributed by atoms with Crippen LogP contribution >= 0.6 is 0 Å². The van der Waals surface area contributed by atoms with Gasteiger partial charge >= 0.3 is 12.2 Å². The van der Waals surface area contributed by atoms with Gasteiger partial charge in [-0.05, 0) is 26.7 Å². The second kappa shape index (κ2) is 11.7. The van der Waals surface area contributed by atoms with Crippen molar-refractivity contribution in [1.29, 1.82) is 0 Å². The van der Waals surface area contributed by atoms with Crippen LogP contribution in [0.1, 0.15) is 33.6 Å². The lowest BCUT2D eigenvalue weighted by Crippen LogP contribution is -2.44. The molecule has 0 bridgehead atoms. The van der Waals surface area contributed by atoms with E-state index in [1.807, 2.05) is 6.92 Å². The van der Waals surface area contributed by atoms with Crippen molar-refractivity contribution in [1.82, 2.24) is 10.6 Å². The van der Waals surface area contributed by atoms with E-state index in [0.717, 1.165) is 6.29 Å². The molecule has 0 aliphatic rings. The van der Waals surface area contributed by atoms with Crippen molar-refractivity contribution < 1.29 is 23.9 Å². The molecule has 1 atom stereocenters. The summed E-state index contributed by atoms with van der Waals surface area (Å²) in [5.41, 5.74) is 0. The van der Waals surface area contributed by atoms with Crippen molar-refractivity contribution in [2.24, 2.45) is 10.9 Å². The van der Waals surface area contributed by atoms with E-state index in [1.54, 1.807) is 13.8 Å². The molecule has 0 aliphatic carbocycles. The summed E-state index contributed by atoms with van der Waals surface area (Å²) in [5.74, 6) is -0.0784. The molecule has 0 saturated heterocycles. The van der Waals surface area contributed by atoms with Gasteiger partial charge in [0.15, 0.2) is 0 Å². The fourth-order valence-corrected chi connectivity index (χ4v) is 1.31. The Bertz CT molecular complexity index is 349. The lowest BCUT2D eigenvalue weighted by molar-refractivity contribution is -0.110. The van der Waals surface area contributed by atoms with Gasteiger partial charge in [0.1, 0.15) is 6.29 Å². The maximum Gasteiger partial charge on any atom is 0.413 e. The maximum atomic E-state index is 11.3. The summed E-state index contributed by atoms with van der Waals surface area (Å²) in [4.78, 5) is 37.2. The van der Waals surface area contributed by atoms with Crippen LogP contribution in [0.15, 0.2) is 4.99 Å². The summed E-state index contributed by atoms with van der Waals surface area (Å²) in [6, 6.07) is 0. The number of aliphatic imine (C=N–C) groups is 1. The summed E-state index contributed by atoms with van der Waals surface area (Å²) in [6.45, 7) is 5.90. The Morgan fingerprint density at radius 1 is 1.14 bits per heavy atom. The molecular weight excluding hydrogens is 278 g/mol. The molecule has 0 radical (unpaired) electrons. The second-order valence-corrected chi connectivity index (χ2v) is 4.18. The van der Waals surface area contributed by atoms with Gasteiger partial charge < -0.3 is 14.3 Å². The normalized spacial score (nSPS) is 11.0. The number of ether oxygens (including phenoxy) is 2. The molecule has 0 spiro atoms. The van der Waals surface area contributed by atoms with Gasteiger partial charge in [-0.15, -0.1) is 0 Å². The van der Waals surface area contributed by atoms with E-state index in [-0.39, 0.29) is 25.1 Å². The van der Waals surface area contributed by atoms with Crippen molar-refractivity contribution in [2.75, 3.05) is 19.8 Å². The molecular formula is C13H23N3O5. The highest BCUT2D eigenvalue weighted by Crippen LogP contribution is 2.01. The molecule has 2 N–H and O–H groups in total. The number of hydrogen-bond donors (Lipinski definition) is 2. The van der Waals surface area contributed by atoms with E-state index in [4.69, 9.17) is 9.47 Å². The van der Waals surface area contributed by atoms with E-state index in [9.17, 15) is 14.4 Å². The lowest BCUT2D eigenvalue weighted by Gasteiger charge is -2.10. The minimum absolute atomic E-state index is 0.0364. The Kier molecular flexibility index (Phi) is 10.5. The summed E-state index contributed by atoms with van der Waals surface area (Å²) >= 11 is 0. The van der Waals surface area contributed by atoms with Gasteiger partial charge in [0.2, 0.25) is 5.96 Å². The summed E-state index contributed by atoms with van der Waals surface area (Å²) < 4.78 is 9.41. The third-order valence-electron chi connectivity index (χ3n) is 2.31. The highest BCUT2D eigenvalue weighted by Gasteiger charge is 2.10. The molecule has 21 heavy (non-hydrogen) atoms. The van der Waals surface area contributed by atoms with Crippen molar-refractivity contribution in [2.45, 2.75) is 33.6 Å². The quantitative estimate of drug-likeness (QED) is 0.320. The number of carbonyl (C=O) groups excluding carboxylic acids is 3. The smallest absolute Gasteiger partial charge is 0.413 e. The van der Waals surface area contributed by atoms with Gasteiger partial charge in [0, 0.05) is 12.5 Å². The Hall–Kier alpha value is -2.12. The molecule has 0 rings (SSSR count). The number of guanidine groups is 1. The first kappa shape index (κ1) is 18.9. The molecule has 0 fully saturated rings. The Labute approximate surface area is 124 Å². The predicted octanol–water partition coefficient (Wildman–Crippen LogP) is 1.45. The fraction of sp³-hybridized carbons (Fsp3) is 0.692. The number of rotatable bonds is 7. The Balaban J connectivity index is 4.43. The van der Waals surface area contributed by atoms with Crippen LogP contribution in [-0.4, -0.2) is 44.2 Å². The first-order chi connectivity index (χ1) is 10.0. The van der Waals surface area contributed by atoms with Gasteiger partial charge in [0.05, 0.1) is 13.2 Å². The van der Waals surface area contributed by atoms with Crippen LogP contribution in [0.4, 0.5) is 9.59 Å². The zero-order chi connectivity index (χ0) is 16.1. The summed E-state index contributed by atoms with van der Waals surface area (Å²) in [6.07, 6.45) is 0.777. The molecule has 8 heteroatoms. The molecule has 120 valence electrons. The molecule has 1 unspecified atom stereocenters. The SMILES string of the molecule is CCOC(=O)NC(=NCCCC(C)C=O)NC(=O)OCC. The Morgan fingerprint density at radius 3 is 2.10 bits per heavy atom. The molecule has 0 saturated carbocycles. The Morgan fingerprint density at radius 2 is 1.67 bits per heavy atom. The van der Waals surface area contributed by atoms with Crippen LogP contribution in [-0.2, 0) is 14.3 Å². The minimum atomic E-state index is -0.714. The summed E-state index contributed by atoms with van der Waals surface area (Å²) in [7, 11) is 0. The number of aldehydes is 1. The first-order valence-electron chi connectivity index (χ1n) is 6.90. The molecule has 0 aromatic rings. The third-order valence-corrected chi connectivity index (χ3v) is 2.31. The van der Waals surface area contributed by atoms with Gasteiger partial charge in [0.25, 0.3) is 0 Å². The lowest BCUT2D eigenvalue weighted by atomic mass is 10.1. The third kappa shape index (κ3) is 10.3. The molecule has 0 aromatic heterocycles. The highest BCUT2D eigenvalue weighted by molar-refractivity contribution is 6.01. The molecule has 8 nitrogen and oxygen atoms in total. The second-order valence-electron chi connectivity index (χ2n) is 4.18. The van der Waals surface area contributed by atoms with Gasteiger partial charge in [-0.25, -0.2) is 9.59 Å². The number of alkyl carbamates (subject to hydrolysis) is 2. The zero-order valence-corrected chi connectivity index (χ0v) is 12.7. The largest absolute Gasteiger partial charge is 0.450 e. The monoisotopic (exact) mass is 301 g/mol. The molecule has 0 aliphatic heterocycles. The van der Waals surface area contributed by atoms with Crippen molar-refractivity contribution in [3.8, 4) is 0 Å². The number of nitrogens with one attached hydrogen (secondary N) is 2. The minimum Gasteiger partial charge on any atom is -0.450 e. The molecule has 0 heterocycles. The number of hydrogen-bond acceptors (Lipinski definition) is 6. The highest BCUT2D eigenvalue weighted by atomic mass is 16.6. The van der Waals surface area contributed by atoms with Crippen LogP contribution in [0, 0.1) is 5.92 Å². The summed E-state index contributed by atoms with van der Waals surface area (Å²) in [5, 5.41) is 4.63. The van der Waals surface area contributed by atoms with Crippen molar-refractivity contribution in [3.05, 3.63) is 0 Å². The first-order valence-corrected chi connectivity index (χ1v) is 6.90. The average molecular weight is 301 g/mol. The molecule has 0 aromatic carbocycles. The van der Waals surface area contributed by atoms with Crippen molar-refractivity contribution in [3.63, 3.8) is 0 Å². The van der Waals surface area contributed by atoms with E-state index in [2.05, 4.69) is 15.6 Å². The van der Waals surface area contributed by atoms with E-state index < -0.39 is 12.2 Å². The van der Waals surface area contributed by atoms with E-state index in [1.165, 1.54) is 0 Å². The number of amides is 2. The predicted molar refractivity (Wildman–Crippen MR) is 77.1 cm³/mol.